The number of nitrogens with zero attached hydrogens (tertiary/aromatic N) is 3. The van der Waals surface area contributed by atoms with E-state index in [2.05, 4.69) is 25.6 Å². The molecule has 1 fully saturated rings. The van der Waals surface area contributed by atoms with Crippen LogP contribution < -0.4 is 10.6 Å². The Labute approximate surface area is 168 Å². The number of nitrogens with one attached hydrogen (secondary N) is 2. The van der Waals surface area contributed by atoms with Crippen LogP contribution in [0.2, 0.25) is 5.02 Å². The van der Waals surface area contributed by atoms with E-state index in [4.69, 9.17) is 11.6 Å². The Kier molecular flexibility index (Phi) is 5.21. The first kappa shape index (κ1) is 18.4. The predicted octanol–water partition coefficient (Wildman–Crippen LogP) is 4.58. The zero-order valence-electron chi connectivity index (χ0n) is 15.4. The fourth-order valence-electron chi connectivity index (χ4n) is 2.97. The number of carbonyl (C=O) groups is 1. The molecule has 7 heteroatoms. The molecule has 1 aliphatic rings. The summed E-state index contributed by atoms with van der Waals surface area (Å²) in [5.74, 6) is 0.395. The maximum absolute atomic E-state index is 13.0. The highest BCUT2D eigenvalue weighted by Crippen LogP contribution is 2.34. The minimum Gasteiger partial charge on any atom is -0.365 e. The number of aryl methyl sites for hydroxylation is 1. The van der Waals surface area contributed by atoms with Gasteiger partial charge in [-0.3, -0.25) is 9.78 Å². The molecule has 28 heavy (non-hydrogen) atoms. The van der Waals surface area contributed by atoms with Crippen LogP contribution in [0.25, 0.3) is 11.3 Å². The third-order valence-corrected chi connectivity index (χ3v) is 4.84. The minimum atomic E-state index is -0.228. The minimum absolute atomic E-state index is 0.228. The van der Waals surface area contributed by atoms with Gasteiger partial charge in [0.2, 0.25) is 0 Å². The molecule has 142 valence electrons. The maximum atomic E-state index is 13.0. The van der Waals surface area contributed by atoms with Gasteiger partial charge in [-0.1, -0.05) is 30.7 Å². The van der Waals surface area contributed by atoms with Crippen LogP contribution in [0.15, 0.2) is 48.9 Å². The number of aromatic nitrogens is 3. The lowest BCUT2D eigenvalue weighted by Crippen LogP contribution is -2.18. The van der Waals surface area contributed by atoms with Crippen LogP contribution in [0.1, 0.15) is 35.8 Å². The number of pyridine rings is 1. The summed E-state index contributed by atoms with van der Waals surface area (Å²) >= 11 is 6.02. The Balaban J connectivity index is 1.74. The molecule has 2 aromatic heterocycles. The zero-order chi connectivity index (χ0) is 19.5. The topological polar surface area (TPSA) is 79.8 Å². The van der Waals surface area contributed by atoms with E-state index in [0.717, 1.165) is 24.1 Å². The standard InChI is InChI=1S/C21H20ClN5O/c1-2-17-16(4-3-11-23-17)21(28)27-19-18(13-5-7-14(22)8-6-13)24-12-25-20(19)26-15-9-10-15/h3-8,11-12,15H,2,9-10H2,1H3,(H,27,28)(H,24,25,26). The highest BCUT2D eigenvalue weighted by molar-refractivity contribution is 6.30. The molecule has 1 saturated carbocycles. The van der Waals surface area contributed by atoms with Crippen molar-refractivity contribution < 1.29 is 4.79 Å². The van der Waals surface area contributed by atoms with Gasteiger partial charge >= 0.3 is 0 Å². The van der Waals surface area contributed by atoms with Crippen LogP contribution in [0.4, 0.5) is 11.5 Å². The van der Waals surface area contributed by atoms with Crippen molar-refractivity contribution in [2.24, 2.45) is 0 Å². The summed E-state index contributed by atoms with van der Waals surface area (Å²) in [5, 5.41) is 7.04. The molecule has 3 aromatic rings. The Hall–Kier alpha value is -2.99. The summed E-state index contributed by atoms with van der Waals surface area (Å²) in [7, 11) is 0. The number of halogens is 1. The monoisotopic (exact) mass is 393 g/mol. The van der Waals surface area contributed by atoms with Crippen molar-refractivity contribution >= 4 is 29.0 Å². The number of rotatable bonds is 6. The number of hydrogen-bond acceptors (Lipinski definition) is 5. The van der Waals surface area contributed by atoms with Crippen LogP contribution in [0, 0.1) is 0 Å². The molecule has 0 bridgehead atoms. The first-order valence-electron chi connectivity index (χ1n) is 9.28. The number of hydrogen-bond donors (Lipinski definition) is 2. The molecule has 1 aliphatic carbocycles. The molecule has 0 aliphatic heterocycles. The Morgan fingerprint density at radius 2 is 1.93 bits per heavy atom. The number of anilines is 2. The van der Waals surface area contributed by atoms with Crippen LogP contribution in [-0.4, -0.2) is 26.9 Å². The largest absolute Gasteiger partial charge is 0.365 e. The normalized spacial score (nSPS) is 13.2. The van der Waals surface area contributed by atoms with Gasteiger partial charge in [-0.25, -0.2) is 9.97 Å². The van der Waals surface area contributed by atoms with Crippen molar-refractivity contribution in [1.82, 2.24) is 15.0 Å². The van der Waals surface area contributed by atoms with Crippen molar-refractivity contribution in [3.8, 4) is 11.3 Å². The maximum Gasteiger partial charge on any atom is 0.257 e. The molecule has 0 unspecified atom stereocenters. The summed E-state index contributed by atoms with van der Waals surface area (Å²) in [6.45, 7) is 1.98. The van der Waals surface area contributed by atoms with Gasteiger partial charge in [-0.15, -0.1) is 0 Å². The van der Waals surface area contributed by atoms with Crippen LogP contribution >= 0.6 is 11.6 Å². The Morgan fingerprint density at radius 3 is 2.64 bits per heavy atom. The van der Waals surface area contributed by atoms with E-state index in [9.17, 15) is 4.79 Å². The first-order valence-corrected chi connectivity index (χ1v) is 9.66. The van der Waals surface area contributed by atoms with Gasteiger partial charge in [-0.05, 0) is 43.5 Å². The van der Waals surface area contributed by atoms with Gasteiger partial charge < -0.3 is 10.6 Å². The van der Waals surface area contributed by atoms with E-state index in [1.54, 1.807) is 30.5 Å². The lowest BCUT2D eigenvalue weighted by molar-refractivity contribution is 0.102. The van der Waals surface area contributed by atoms with Gasteiger partial charge in [0.15, 0.2) is 5.82 Å². The average Bonchev–Trinajstić information content (AvgIpc) is 3.54. The molecule has 1 amide bonds. The lowest BCUT2D eigenvalue weighted by Gasteiger charge is -2.16. The van der Waals surface area contributed by atoms with Gasteiger partial charge in [0, 0.05) is 22.8 Å². The van der Waals surface area contributed by atoms with Gasteiger partial charge in [0.25, 0.3) is 5.91 Å². The third kappa shape index (κ3) is 3.97. The second kappa shape index (κ2) is 7.94. The molecule has 1 aromatic carbocycles. The van der Waals surface area contributed by atoms with Crippen molar-refractivity contribution in [2.45, 2.75) is 32.2 Å². The van der Waals surface area contributed by atoms with Crippen LogP contribution in [0.3, 0.4) is 0 Å². The van der Waals surface area contributed by atoms with Crippen LogP contribution in [0.5, 0.6) is 0 Å². The second-order valence-corrected chi connectivity index (χ2v) is 7.11. The Bertz CT molecular complexity index is 1000. The molecular formula is C21H20ClN5O. The lowest BCUT2D eigenvalue weighted by atomic mass is 10.1. The van der Waals surface area contributed by atoms with Gasteiger partial charge in [0.1, 0.15) is 12.0 Å². The zero-order valence-corrected chi connectivity index (χ0v) is 16.2. The number of amides is 1. The van der Waals surface area contributed by atoms with E-state index in [1.165, 1.54) is 6.33 Å². The molecule has 2 heterocycles. The van der Waals surface area contributed by atoms with Crippen LogP contribution in [-0.2, 0) is 6.42 Å². The molecule has 6 nitrogen and oxygen atoms in total. The Morgan fingerprint density at radius 1 is 1.14 bits per heavy atom. The molecule has 0 spiro atoms. The van der Waals surface area contributed by atoms with Crippen molar-refractivity contribution in [1.29, 1.82) is 0 Å². The summed E-state index contributed by atoms with van der Waals surface area (Å²) in [4.78, 5) is 26.1. The molecule has 0 saturated heterocycles. The SMILES string of the molecule is CCc1ncccc1C(=O)Nc1c(NC2CC2)ncnc1-c1ccc(Cl)cc1. The van der Waals surface area contributed by atoms with E-state index >= 15 is 0 Å². The second-order valence-electron chi connectivity index (χ2n) is 6.68. The van der Waals surface area contributed by atoms with Gasteiger partial charge in [-0.2, -0.15) is 0 Å². The van der Waals surface area contributed by atoms with Gasteiger partial charge in [0.05, 0.1) is 17.0 Å². The summed E-state index contributed by atoms with van der Waals surface area (Å²) < 4.78 is 0. The molecular weight excluding hydrogens is 374 g/mol. The first-order chi connectivity index (χ1) is 13.7. The molecule has 4 rings (SSSR count). The van der Waals surface area contributed by atoms with Crippen molar-refractivity contribution in [3.63, 3.8) is 0 Å². The number of carbonyl (C=O) groups excluding carboxylic acids is 1. The van der Waals surface area contributed by atoms with E-state index in [0.29, 0.717) is 40.2 Å². The summed E-state index contributed by atoms with van der Waals surface area (Å²) in [6, 6.07) is 11.3. The quantitative estimate of drug-likeness (QED) is 0.640. The van der Waals surface area contributed by atoms with Crippen molar-refractivity contribution in [3.05, 3.63) is 65.2 Å². The number of benzene rings is 1. The molecule has 0 radical (unpaired) electrons. The predicted molar refractivity (Wildman–Crippen MR) is 111 cm³/mol. The summed E-state index contributed by atoms with van der Waals surface area (Å²) in [6.07, 6.45) is 6.06. The fourth-order valence-corrected chi connectivity index (χ4v) is 3.09. The average molecular weight is 394 g/mol. The molecule has 0 atom stereocenters. The third-order valence-electron chi connectivity index (χ3n) is 4.59. The fraction of sp³-hybridized carbons (Fsp3) is 0.238. The summed E-state index contributed by atoms with van der Waals surface area (Å²) in [5.41, 5.74) is 3.36. The molecule has 2 N–H and O–H groups in total. The highest BCUT2D eigenvalue weighted by atomic mass is 35.5. The van der Waals surface area contributed by atoms with E-state index < -0.39 is 0 Å². The van der Waals surface area contributed by atoms with Crippen molar-refractivity contribution in [2.75, 3.05) is 10.6 Å². The highest BCUT2D eigenvalue weighted by Gasteiger charge is 2.25. The van der Waals surface area contributed by atoms with E-state index in [-0.39, 0.29) is 5.91 Å². The van der Waals surface area contributed by atoms with E-state index in [1.807, 2.05) is 19.1 Å². The smallest absolute Gasteiger partial charge is 0.257 e.